The molecule has 0 saturated heterocycles. The van der Waals surface area contributed by atoms with Crippen molar-refractivity contribution in [2.75, 3.05) is 31.7 Å². The molecule has 116 valence electrons. The summed E-state index contributed by atoms with van der Waals surface area (Å²) in [6.45, 7) is 4.19. The zero-order chi connectivity index (χ0) is 15.2. The van der Waals surface area contributed by atoms with Crippen LogP contribution in [0.5, 0.6) is 0 Å². The predicted octanol–water partition coefficient (Wildman–Crippen LogP) is 1.53. The lowest BCUT2D eigenvalue weighted by Crippen LogP contribution is -2.31. The van der Waals surface area contributed by atoms with E-state index in [1.807, 2.05) is 6.07 Å². The fraction of sp³-hybridized carbons (Fsp3) is 0.600. The fourth-order valence-electron chi connectivity index (χ4n) is 2.72. The summed E-state index contributed by atoms with van der Waals surface area (Å²) in [5.41, 5.74) is 8.91. The lowest BCUT2D eigenvalue weighted by Gasteiger charge is -2.26. The lowest BCUT2D eigenvalue weighted by molar-refractivity contribution is 0.205. The minimum Gasteiger partial charge on any atom is -0.409 e. The van der Waals surface area contributed by atoms with Crippen LogP contribution in [-0.4, -0.2) is 42.8 Å². The number of nitrogens with two attached hydrogens (primary N) is 1. The fourth-order valence-corrected chi connectivity index (χ4v) is 2.72. The van der Waals surface area contributed by atoms with Gasteiger partial charge in [-0.3, -0.25) is 0 Å². The van der Waals surface area contributed by atoms with Gasteiger partial charge in [-0.2, -0.15) is 0 Å². The highest BCUT2D eigenvalue weighted by Crippen LogP contribution is 2.26. The summed E-state index contributed by atoms with van der Waals surface area (Å²) in [5, 5.41) is 12.2. The molecule has 0 saturated carbocycles. The minimum atomic E-state index is 0.113. The van der Waals surface area contributed by atoms with E-state index < -0.39 is 0 Å². The van der Waals surface area contributed by atoms with Crippen LogP contribution in [0.4, 0.5) is 5.82 Å². The molecule has 0 radical (unpaired) electrons. The number of aromatic nitrogens is 1. The summed E-state index contributed by atoms with van der Waals surface area (Å²) in [6, 6.07) is 2.03. The van der Waals surface area contributed by atoms with Crippen molar-refractivity contribution < 1.29 is 9.94 Å². The van der Waals surface area contributed by atoms with Gasteiger partial charge in [-0.25, -0.2) is 4.98 Å². The maximum Gasteiger partial charge on any atom is 0.173 e. The maximum absolute atomic E-state index is 9.04. The van der Waals surface area contributed by atoms with E-state index in [4.69, 9.17) is 20.7 Å². The molecule has 0 amide bonds. The van der Waals surface area contributed by atoms with Crippen molar-refractivity contribution in [2.24, 2.45) is 10.9 Å². The van der Waals surface area contributed by atoms with E-state index in [-0.39, 0.29) is 5.84 Å². The summed E-state index contributed by atoms with van der Waals surface area (Å²) in [4.78, 5) is 6.91. The third-order valence-electron chi connectivity index (χ3n) is 3.91. The molecule has 21 heavy (non-hydrogen) atoms. The van der Waals surface area contributed by atoms with Gasteiger partial charge in [0.15, 0.2) is 5.84 Å². The number of nitrogens with zero attached hydrogens (tertiary/aromatic N) is 3. The van der Waals surface area contributed by atoms with Crippen LogP contribution in [0.1, 0.15) is 36.6 Å². The molecule has 6 heteroatoms. The molecule has 0 aliphatic heterocycles. The van der Waals surface area contributed by atoms with Gasteiger partial charge in [-0.15, -0.1) is 0 Å². The summed E-state index contributed by atoms with van der Waals surface area (Å²) >= 11 is 0. The van der Waals surface area contributed by atoms with Crippen molar-refractivity contribution in [2.45, 2.75) is 32.6 Å². The first-order valence-electron chi connectivity index (χ1n) is 7.45. The summed E-state index contributed by atoms with van der Waals surface area (Å²) in [7, 11) is 1.68. The predicted molar refractivity (Wildman–Crippen MR) is 83.2 cm³/mol. The number of ether oxygens (including phenoxy) is 1. The van der Waals surface area contributed by atoms with Crippen LogP contribution in [0.3, 0.4) is 0 Å². The average Bonchev–Trinajstić information content (AvgIpc) is 2.54. The molecule has 1 aromatic heterocycles. The molecule has 0 fully saturated rings. The van der Waals surface area contributed by atoms with Crippen molar-refractivity contribution in [3.8, 4) is 0 Å². The highest BCUT2D eigenvalue weighted by molar-refractivity contribution is 6.01. The number of amidine groups is 1. The van der Waals surface area contributed by atoms with E-state index in [2.05, 4.69) is 17.0 Å². The number of anilines is 1. The zero-order valence-corrected chi connectivity index (χ0v) is 12.8. The number of rotatable bonds is 6. The van der Waals surface area contributed by atoms with Gasteiger partial charge in [-0.05, 0) is 44.2 Å². The van der Waals surface area contributed by atoms with Gasteiger partial charge in [0.1, 0.15) is 5.82 Å². The molecule has 0 atom stereocenters. The number of methoxy groups -OCH3 is 1. The minimum absolute atomic E-state index is 0.113. The topological polar surface area (TPSA) is 84.0 Å². The Hall–Kier alpha value is -1.82. The Morgan fingerprint density at radius 3 is 2.90 bits per heavy atom. The second-order valence-electron chi connectivity index (χ2n) is 5.23. The van der Waals surface area contributed by atoms with Crippen LogP contribution >= 0.6 is 0 Å². The van der Waals surface area contributed by atoms with Crippen molar-refractivity contribution in [3.63, 3.8) is 0 Å². The standard InChI is InChI=1S/C15H24N4O2/c1-3-19(8-9-21-2)15-12(14(16)18-20)10-11-6-4-5-7-13(11)17-15/h10,20H,3-9H2,1-2H3,(H2,16,18). The van der Waals surface area contributed by atoms with Gasteiger partial charge in [0.25, 0.3) is 0 Å². The highest BCUT2D eigenvalue weighted by atomic mass is 16.5. The Labute approximate surface area is 125 Å². The first-order valence-corrected chi connectivity index (χ1v) is 7.45. The normalized spacial score (nSPS) is 14.9. The van der Waals surface area contributed by atoms with E-state index in [1.54, 1.807) is 7.11 Å². The van der Waals surface area contributed by atoms with Crippen LogP contribution in [0.15, 0.2) is 11.2 Å². The molecule has 0 aromatic carbocycles. The second kappa shape index (κ2) is 7.26. The molecular weight excluding hydrogens is 268 g/mol. The van der Waals surface area contributed by atoms with E-state index in [9.17, 15) is 0 Å². The molecule has 1 aliphatic carbocycles. The van der Waals surface area contributed by atoms with Gasteiger partial charge in [0.2, 0.25) is 0 Å². The quantitative estimate of drug-likeness (QED) is 0.359. The molecular formula is C15H24N4O2. The van der Waals surface area contributed by atoms with Gasteiger partial charge < -0.3 is 20.6 Å². The van der Waals surface area contributed by atoms with Crippen LogP contribution in [0.25, 0.3) is 0 Å². The Morgan fingerprint density at radius 2 is 2.24 bits per heavy atom. The molecule has 2 rings (SSSR count). The largest absolute Gasteiger partial charge is 0.409 e. The average molecular weight is 292 g/mol. The number of oxime groups is 1. The van der Waals surface area contributed by atoms with E-state index in [1.165, 1.54) is 18.4 Å². The molecule has 0 spiro atoms. The van der Waals surface area contributed by atoms with Gasteiger partial charge in [0, 0.05) is 25.9 Å². The molecule has 3 N–H and O–H groups in total. The first kappa shape index (κ1) is 15.6. The van der Waals surface area contributed by atoms with Crippen LogP contribution < -0.4 is 10.6 Å². The van der Waals surface area contributed by atoms with Crippen LogP contribution in [0.2, 0.25) is 0 Å². The number of aryl methyl sites for hydroxylation is 2. The van der Waals surface area contributed by atoms with Crippen molar-refractivity contribution in [3.05, 3.63) is 22.9 Å². The van der Waals surface area contributed by atoms with Crippen molar-refractivity contribution >= 4 is 11.7 Å². The SMILES string of the molecule is CCN(CCOC)c1nc2c(cc1C(N)=NO)CCCC2. The second-order valence-corrected chi connectivity index (χ2v) is 5.23. The first-order chi connectivity index (χ1) is 10.2. The smallest absolute Gasteiger partial charge is 0.173 e. The summed E-state index contributed by atoms with van der Waals surface area (Å²) in [6.07, 6.45) is 4.36. The number of pyridine rings is 1. The summed E-state index contributed by atoms with van der Waals surface area (Å²) < 4.78 is 5.15. The Bertz CT molecular complexity index is 517. The Kier molecular flexibility index (Phi) is 5.38. The maximum atomic E-state index is 9.04. The monoisotopic (exact) mass is 292 g/mol. The zero-order valence-electron chi connectivity index (χ0n) is 12.8. The molecule has 0 unspecified atom stereocenters. The van der Waals surface area contributed by atoms with Gasteiger partial charge in [0.05, 0.1) is 12.2 Å². The molecule has 6 nitrogen and oxygen atoms in total. The highest BCUT2D eigenvalue weighted by Gasteiger charge is 2.20. The third-order valence-corrected chi connectivity index (χ3v) is 3.91. The molecule has 0 bridgehead atoms. The number of likely N-dealkylation sites (N-methyl/N-ethyl adjacent to an activating group) is 1. The molecule has 1 aliphatic rings. The number of hydrogen-bond donors (Lipinski definition) is 2. The molecule has 1 aromatic rings. The van der Waals surface area contributed by atoms with Crippen LogP contribution in [0, 0.1) is 0 Å². The Balaban J connectivity index is 2.45. The van der Waals surface area contributed by atoms with Crippen molar-refractivity contribution in [1.29, 1.82) is 0 Å². The third kappa shape index (κ3) is 3.44. The van der Waals surface area contributed by atoms with E-state index in [0.717, 1.165) is 37.4 Å². The van der Waals surface area contributed by atoms with Crippen LogP contribution in [-0.2, 0) is 17.6 Å². The summed E-state index contributed by atoms with van der Waals surface area (Å²) in [5.74, 6) is 0.896. The van der Waals surface area contributed by atoms with Gasteiger partial charge in [-0.1, -0.05) is 5.16 Å². The van der Waals surface area contributed by atoms with Crippen molar-refractivity contribution in [1.82, 2.24) is 4.98 Å². The van der Waals surface area contributed by atoms with E-state index in [0.29, 0.717) is 12.2 Å². The number of fused-ring (bicyclic) bond motifs is 1. The number of hydrogen-bond acceptors (Lipinski definition) is 5. The van der Waals surface area contributed by atoms with E-state index >= 15 is 0 Å². The molecule has 1 heterocycles. The lowest BCUT2D eigenvalue weighted by atomic mass is 9.94. The van der Waals surface area contributed by atoms with Gasteiger partial charge >= 0.3 is 0 Å². The Morgan fingerprint density at radius 1 is 1.48 bits per heavy atom.